The van der Waals surface area contributed by atoms with Crippen molar-refractivity contribution in [3.8, 4) is 11.1 Å². The van der Waals surface area contributed by atoms with Crippen molar-refractivity contribution in [2.45, 2.75) is 6.42 Å². The zero-order chi connectivity index (χ0) is 16.4. The van der Waals surface area contributed by atoms with Crippen molar-refractivity contribution < 1.29 is 4.39 Å². The largest absolute Gasteiger partial charge is 0.368 e. The van der Waals surface area contributed by atoms with Gasteiger partial charge >= 0.3 is 0 Å². The predicted octanol–water partition coefficient (Wildman–Crippen LogP) is 4.76. The third-order valence-electron chi connectivity index (χ3n) is 3.45. The van der Waals surface area contributed by atoms with Crippen LogP contribution in [0.1, 0.15) is 11.3 Å². The molecule has 0 amide bonds. The van der Waals surface area contributed by atoms with Crippen molar-refractivity contribution in [1.29, 1.82) is 0 Å². The molecule has 1 heterocycles. The molecule has 116 valence electrons. The van der Waals surface area contributed by atoms with Crippen molar-refractivity contribution >= 4 is 29.2 Å². The Morgan fingerprint density at radius 2 is 1.65 bits per heavy atom. The first-order chi connectivity index (χ1) is 11.0. The quantitative estimate of drug-likeness (QED) is 0.742. The van der Waals surface area contributed by atoms with Crippen LogP contribution in [0.2, 0.25) is 10.0 Å². The molecule has 6 heteroatoms. The smallest absolute Gasteiger partial charge is 0.220 e. The van der Waals surface area contributed by atoms with Crippen LogP contribution in [0.4, 0.5) is 10.3 Å². The molecule has 0 saturated carbocycles. The van der Waals surface area contributed by atoms with Crippen molar-refractivity contribution in [3.05, 3.63) is 75.8 Å². The van der Waals surface area contributed by atoms with E-state index in [0.717, 1.165) is 16.7 Å². The number of halogens is 3. The van der Waals surface area contributed by atoms with Gasteiger partial charge in [-0.15, -0.1) is 0 Å². The SMILES string of the molecule is Nc1ncc(-c2ccc(F)cc2)c(Cc2c(Cl)cccc2Cl)n1. The maximum absolute atomic E-state index is 13.1. The van der Waals surface area contributed by atoms with Gasteiger partial charge in [-0.05, 0) is 35.4 Å². The number of anilines is 1. The van der Waals surface area contributed by atoms with Gasteiger partial charge in [-0.1, -0.05) is 41.4 Å². The zero-order valence-corrected chi connectivity index (χ0v) is 13.4. The van der Waals surface area contributed by atoms with E-state index < -0.39 is 0 Å². The molecule has 0 aliphatic heterocycles. The number of hydrogen-bond acceptors (Lipinski definition) is 3. The lowest BCUT2D eigenvalue weighted by Gasteiger charge is -2.11. The number of rotatable bonds is 3. The molecule has 0 fully saturated rings. The van der Waals surface area contributed by atoms with Crippen LogP contribution in [0, 0.1) is 5.82 Å². The number of benzene rings is 2. The Hall–Kier alpha value is -2.17. The summed E-state index contributed by atoms with van der Waals surface area (Å²) >= 11 is 12.5. The molecule has 0 unspecified atom stereocenters. The molecular weight excluding hydrogens is 336 g/mol. The molecule has 3 rings (SSSR count). The minimum absolute atomic E-state index is 0.161. The lowest BCUT2D eigenvalue weighted by Crippen LogP contribution is -2.03. The van der Waals surface area contributed by atoms with Crippen LogP contribution >= 0.6 is 23.2 Å². The van der Waals surface area contributed by atoms with Gasteiger partial charge < -0.3 is 5.73 Å². The molecule has 0 spiro atoms. The summed E-state index contributed by atoms with van der Waals surface area (Å²) in [4.78, 5) is 8.34. The number of aromatic nitrogens is 2. The van der Waals surface area contributed by atoms with Gasteiger partial charge in [0, 0.05) is 28.2 Å². The van der Waals surface area contributed by atoms with Crippen LogP contribution in [0.25, 0.3) is 11.1 Å². The van der Waals surface area contributed by atoms with Crippen molar-refractivity contribution in [3.63, 3.8) is 0 Å². The van der Waals surface area contributed by atoms with E-state index in [1.807, 2.05) is 0 Å². The molecule has 23 heavy (non-hydrogen) atoms. The molecule has 3 aromatic rings. The highest BCUT2D eigenvalue weighted by molar-refractivity contribution is 6.36. The van der Waals surface area contributed by atoms with E-state index in [-0.39, 0.29) is 11.8 Å². The van der Waals surface area contributed by atoms with Gasteiger partial charge in [0.2, 0.25) is 5.95 Å². The zero-order valence-electron chi connectivity index (χ0n) is 11.9. The molecule has 2 N–H and O–H groups in total. The van der Waals surface area contributed by atoms with E-state index in [4.69, 9.17) is 28.9 Å². The lowest BCUT2D eigenvalue weighted by atomic mass is 10.0. The van der Waals surface area contributed by atoms with Gasteiger partial charge in [0.25, 0.3) is 0 Å². The molecule has 3 nitrogen and oxygen atoms in total. The van der Waals surface area contributed by atoms with Gasteiger partial charge in [0.15, 0.2) is 0 Å². The summed E-state index contributed by atoms with van der Waals surface area (Å²) in [6, 6.07) is 11.4. The van der Waals surface area contributed by atoms with E-state index in [9.17, 15) is 4.39 Å². The van der Waals surface area contributed by atoms with Gasteiger partial charge in [0.1, 0.15) is 5.82 Å². The second-order valence-electron chi connectivity index (χ2n) is 4.97. The summed E-state index contributed by atoms with van der Waals surface area (Å²) in [6.45, 7) is 0. The summed E-state index contributed by atoms with van der Waals surface area (Å²) in [7, 11) is 0. The molecule has 0 atom stereocenters. The second-order valence-corrected chi connectivity index (χ2v) is 5.79. The fourth-order valence-corrected chi connectivity index (χ4v) is 2.84. The van der Waals surface area contributed by atoms with Crippen LogP contribution < -0.4 is 5.73 Å². The topological polar surface area (TPSA) is 51.8 Å². The van der Waals surface area contributed by atoms with Gasteiger partial charge in [-0.2, -0.15) is 0 Å². The maximum Gasteiger partial charge on any atom is 0.220 e. The van der Waals surface area contributed by atoms with E-state index in [1.54, 1.807) is 36.5 Å². The van der Waals surface area contributed by atoms with Crippen LogP contribution in [0.15, 0.2) is 48.7 Å². The van der Waals surface area contributed by atoms with E-state index in [0.29, 0.717) is 22.2 Å². The Labute approximate surface area is 142 Å². The normalized spacial score (nSPS) is 10.7. The Morgan fingerprint density at radius 1 is 1.00 bits per heavy atom. The van der Waals surface area contributed by atoms with E-state index >= 15 is 0 Å². The summed E-state index contributed by atoms with van der Waals surface area (Å²) in [5, 5.41) is 1.11. The van der Waals surface area contributed by atoms with Crippen LogP contribution in [-0.2, 0) is 6.42 Å². The van der Waals surface area contributed by atoms with Crippen molar-refractivity contribution in [2.24, 2.45) is 0 Å². The fourth-order valence-electron chi connectivity index (χ4n) is 2.31. The average molecular weight is 348 g/mol. The highest BCUT2D eigenvalue weighted by atomic mass is 35.5. The van der Waals surface area contributed by atoms with E-state index in [1.165, 1.54) is 12.1 Å². The van der Waals surface area contributed by atoms with Crippen molar-refractivity contribution in [1.82, 2.24) is 9.97 Å². The summed E-state index contributed by atoms with van der Waals surface area (Å²) in [6.07, 6.45) is 2.02. The molecule has 2 aromatic carbocycles. The summed E-state index contributed by atoms with van der Waals surface area (Å²) < 4.78 is 13.1. The number of nitrogen functional groups attached to an aromatic ring is 1. The average Bonchev–Trinajstić information content (AvgIpc) is 2.52. The first-order valence-electron chi connectivity index (χ1n) is 6.85. The fraction of sp³-hybridized carbons (Fsp3) is 0.0588. The molecule has 1 aromatic heterocycles. The Bertz CT molecular complexity index is 831. The predicted molar refractivity (Wildman–Crippen MR) is 91.1 cm³/mol. The highest BCUT2D eigenvalue weighted by Crippen LogP contribution is 2.30. The molecule has 0 bridgehead atoms. The maximum atomic E-state index is 13.1. The Balaban J connectivity index is 2.08. The molecular formula is C17H12Cl2FN3. The molecule has 0 saturated heterocycles. The highest BCUT2D eigenvalue weighted by Gasteiger charge is 2.13. The molecule has 0 radical (unpaired) electrons. The van der Waals surface area contributed by atoms with Crippen LogP contribution in [0.3, 0.4) is 0 Å². The number of hydrogen-bond donors (Lipinski definition) is 1. The molecule has 0 aliphatic carbocycles. The molecule has 0 aliphatic rings. The number of nitrogens with two attached hydrogens (primary N) is 1. The second kappa shape index (κ2) is 6.52. The monoisotopic (exact) mass is 347 g/mol. The van der Waals surface area contributed by atoms with E-state index in [2.05, 4.69) is 9.97 Å². The lowest BCUT2D eigenvalue weighted by molar-refractivity contribution is 0.628. The van der Waals surface area contributed by atoms with Gasteiger partial charge in [-0.3, -0.25) is 0 Å². The van der Waals surface area contributed by atoms with Crippen LogP contribution in [0.5, 0.6) is 0 Å². The first-order valence-corrected chi connectivity index (χ1v) is 7.60. The first kappa shape index (κ1) is 15.7. The summed E-state index contributed by atoms with van der Waals surface area (Å²) in [5.41, 5.74) is 8.71. The Morgan fingerprint density at radius 3 is 2.30 bits per heavy atom. The standard InChI is InChI=1S/C17H12Cl2FN3/c18-14-2-1-3-15(19)12(14)8-16-13(9-22-17(21)23-16)10-4-6-11(20)7-5-10/h1-7,9H,8H2,(H2,21,22,23). The van der Waals surface area contributed by atoms with Crippen LogP contribution in [-0.4, -0.2) is 9.97 Å². The van der Waals surface area contributed by atoms with Gasteiger partial charge in [0.05, 0.1) is 5.69 Å². The van der Waals surface area contributed by atoms with Crippen molar-refractivity contribution in [2.75, 3.05) is 5.73 Å². The number of nitrogens with zero attached hydrogens (tertiary/aromatic N) is 2. The minimum Gasteiger partial charge on any atom is -0.368 e. The minimum atomic E-state index is -0.305. The third kappa shape index (κ3) is 3.44. The van der Waals surface area contributed by atoms with Gasteiger partial charge in [-0.25, -0.2) is 14.4 Å². The summed E-state index contributed by atoms with van der Waals surface area (Å²) in [5.74, 6) is -0.144. The Kier molecular flexibility index (Phi) is 4.46. The third-order valence-corrected chi connectivity index (χ3v) is 4.16.